The molecule has 1 N–H and O–H groups in total. The molecule has 3 heterocycles. The van der Waals surface area contributed by atoms with Crippen LogP contribution in [0.15, 0.2) is 66.2 Å². The zero-order chi connectivity index (χ0) is 16.9. The second-order valence-corrected chi connectivity index (χ2v) is 6.91. The smallest absolute Gasteiger partial charge is 0.102 e. The molecule has 0 aliphatic rings. The molecule has 25 heavy (non-hydrogen) atoms. The number of thiophene rings is 1. The van der Waals surface area contributed by atoms with Gasteiger partial charge in [-0.1, -0.05) is 30.3 Å². The highest BCUT2D eigenvalue weighted by Crippen LogP contribution is 2.22. The average Bonchev–Trinajstić information content (AvgIpc) is 3.33. The van der Waals surface area contributed by atoms with Crippen molar-refractivity contribution in [3.8, 4) is 10.6 Å². The van der Waals surface area contributed by atoms with Crippen molar-refractivity contribution in [3.63, 3.8) is 0 Å². The molecule has 3 aromatic heterocycles. The zero-order valence-corrected chi connectivity index (χ0v) is 14.7. The van der Waals surface area contributed by atoms with Gasteiger partial charge in [-0.3, -0.25) is 9.67 Å². The van der Waals surface area contributed by atoms with Crippen molar-refractivity contribution in [1.82, 2.24) is 20.1 Å². The maximum atomic E-state index is 4.68. The number of pyridine rings is 1. The molecule has 0 saturated carbocycles. The van der Waals surface area contributed by atoms with Gasteiger partial charge >= 0.3 is 0 Å². The largest absolute Gasteiger partial charge is 0.311 e. The topological polar surface area (TPSA) is 42.7 Å². The van der Waals surface area contributed by atoms with Gasteiger partial charge in [0, 0.05) is 24.7 Å². The maximum absolute atomic E-state index is 4.68. The predicted molar refractivity (Wildman–Crippen MR) is 104 cm³/mol. The Bertz CT molecular complexity index is 943. The van der Waals surface area contributed by atoms with Gasteiger partial charge in [0.1, 0.15) is 5.69 Å². The van der Waals surface area contributed by atoms with Gasteiger partial charge in [0.25, 0.3) is 0 Å². The lowest BCUT2D eigenvalue weighted by atomic mass is 10.2. The number of hydrogen-bond donors (Lipinski definition) is 1. The van der Waals surface area contributed by atoms with E-state index in [0.29, 0.717) is 0 Å². The van der Waals surface area contributed by atoms with Crippen LogP contribution in [0.4, 0.5) is 0 Å². The number of nitrogens with zero attached hydrogens (tertiary/aromatic N) is 3. The van der Waals surface area contributed by atoms with Crippen LogP contribution in [-0.2, 0) is 13.1 Å². The van der Waals surface area contributed by atoms with Crippen molar-refractivity contribution in [2.45, 2.75) is 19.5 Å². The summed E-state index contributed by atoms with van der Waals surface area (Å²) < 4.78 is 2.02. The van der Waals surface area contributed by atoms with E-state index >= 15 is 0 Å². The molecular formula is C20H20N4S. The minimum atomic E-state index is 0.796. The summed E-state index contributed by atoms with van der Waals surface area (Å²) in [5.41, 5.74) is 3.19. The fraction of sp³-hybridized carbons (Fsp3) is 0.200. The monoisotopic (exact) mass is 348 g/mol. The van der Waals surface area contributed by atoms with Crippen LogP contribution >= 0.6 is 11.3 Å². The summed E-state index contributed by atoms with van der Waals surface area (Å²) in [6.07, 6.45) is 3.10. The average molecular weight is 348 g/mol. The number of para-hydroxylation sites is 1. The van der Waals surface area contributed by atoms with Gasteiger partial charge < -0.3 is 5.32 Å². The molecule has 4 rings (SSSR count). The Kier molecular flexibility index (Phi) is 4.86. The van der Waals surface area contributed by atoms with E-state index in [-0.39, 0.29) is 0 Å². The van der Waals surface area contributed by atoms with Gasteiger partial charge in [0.2, 0.25) is 0 Å². The van der Waals surface area contributed by atoms with Gasteiger partial charge in [0.05, 0.1) is 16.1 Å². The van der Waals surface area contributed by atoms with Gasteiger partial charge in [0.15, 0.2) is 0 Å². The Hall–Kier alpha value is -2.50. The fourth-order valence-corrected chi connectivity index (χ4v) is 3.52. The van der Waals surface area contributed by atoms with Crippen LogP contribution in [0.3, 0.4) is 0 Å². The first-order chi connectivity index (χ1) is 12.4. The summed E-state index contributed by atoms with van der Waals surface area (Å²) in [7, 11) is 0. The van der Waals surface area contributed by atoms with E-state index in [1.807, 2.05) is 16.8 Å². The standard InChI is InChI=1S/C20H20N4S/c1-2-6-18-16(5-1)8-9-17(22-18)15-21-11-4-12-24-13-10-19(23-24)20-7-3-14-25-20/h1-3,5-10,13-14,21H,4,11-12,15H2. The molecule has 0 radical (unpaired) electrons. The molecule has 1 aromatic carbocycles. The molecule has 0 fully saturated rings. The lowest BCUT2D eigenvalue weighted by molar-refractivity contribution is 0.542. The third-order valence-electron chi connectivity index (χ3n) is 4.12. The van der Waals surface area contributed by atoms with E-state index < -0.39 is 0 Å². The molecule has 0 spiro atoms. The number of aryl methyl sites for hydroxylation is 1. The van der Waals surface area contributed by atoms with Gasteiger partial charge in [-0.2, -0.15) is 5.10 Å². The molecular weight excluding hydrogens is 328 g/mol. The highest BCUT2D eigenvalue weighted by molar-refractivity contribution is 7.13. The number of nitrogens with one attached hydrogen (secondary N) is 1. The summed E-state index contributed by atoms with van der Waals surface area (Å²) >= 11 is 1.72. The highest BCUT2D eigenvalue weighted by atomic mass is 32.1. The van der Waals surface area contributed by atoms with E-state index in [4.69, 9.17) is 0 Å². The normalized spacial score (nSPS) is 11.2. The molecule has 0 saturated heterocycles. The number of hydrogen-bond acceptors (Lipinski definition) is 4. The van der Waals surface area contributed by atoms with Crippen LogP contribution in [0.25, 0.3) is 21.5 Å². The molecule has 0 amide bonds. The Morgan fingerprint density at radius 1 is 1.00 bits per heavy atom. The van der Waals surface area contributed by atoms with E-state index in [0.717, 1.165) is 43.0 Å². The zero-order valence-electron chi connectivity index (χ0n) is 13.9. The first-order valence-corrected chi connectivity index (χ1v) is 9.39. The minimum Gasteiger partial charge on any atom is -0.311 e. The molecule has 4 aromatic rings. The Morgan fingerprint density at radius 3 is 2.88 bits per heavy atom. The molecule has 5 heteroatoms. The van der Waals surface area contributed by atoms with Gasteiger partial charge in [-0.25, -0.2) is 0 Å². The first-order valence-electron chi connectivity index (χ1n) is 8.51. The van der Waals surface area contributed by atoms with E-state index in [2.05, 4.69) is 69.4 Å². The summed E-state index contributed by atoms with van der Waals surface area (Å²) in [5.74, 6) is 0. The van der Waals surface area contributed by atoms with Crippen molar-refractivity contribution in [1.29, 1.82) is 0 Å². The number of benzene rings is 1. The molecule has 0 bridgehead atoms. The lowest BCUT2D eigenvalue weighted by Gasteiger charge is -2.06. The molecule has 4 nitrogen and oxygen atoms in total. The second kappa shape index (κ2) is 7.59. The second-order valence-electron chi connectivity index (χ2n) is 5.97. The van der Waals surface area contributed by atoms with Crippen LogP contribution in [0.2, 0.25) is 0 Å². The molecule has 0 aliphatic heterocycles. The van der Waals surface area contributed by atoms with Gasteiger partial charge in [-0.15, -0.1) is 11.3 Å². The summed E-state index contributed by atoms with van der Waals surface area (Å²) in [5, 5.41) is 11.4. The van der Waals surface area contributed by atoms with E-state index in [1.54, 1.807) is 11.3 Å². The summed E-state index contributed by atoms with van der Waals surface area (Å²) in [6, 6.07) is 18.7. The highest BCUT2D eigenvalue weighted by Gasteiger charge is 2.03. The van der Waals surface area contributed by atoms with Crippen LogP contribution < -0.4 is 5.32 Å². The van der Waals surface area contributed by atoms with Crippen molar-refractivity contribution in [2.75, 3.05) is 6.54 Å². The minimum absolute atomic E-state index is 0.796. The van der Waals surface area contributed by atoms with Crippen LogP contribution in [-0.4, -0.2) is 21.3 Å². The number of fused-ring (bicyclic) bond motifs is 1. The Morgan fingerprint density at radius 2 is 1.96 bits per heavy atom. The third-order valence-corrected chi connectivity index (χ3v) is 5.01. The fourth-order valence-electron chi connectivity index (χ4n) is 2.83. The Labute approximate surface area is 151 Å². The number of rotatable bonds is 7. The third kappa shape index (κ3) is 3.95. The molecule has 0 atom stereocenters. The molecule has 0 aliphatic carbocycles. The van der Waals surface area contributed by atoms with Crippen molar-refractivity contribution < 1.29 is 0 Å². The van der Waals surface area contributed by atoms with E-state index in [9.17, 15) is 0 Å². The lowest BCUT2D eigenvalue weighted by Crippen LogP contribution is -2.17. The Balaban J connectivity index is 1.24. The van der Waals surface area contributed by atoms with Crippen LogP contribution in [0.5, 0.6) is 0 Å². The molecule has 126 valence electrons. The van der Waals surface area contributed by atoms with Crippen molar-refractivity contribution >= 4 is 22.2 Å². The number of aromatic nitrogens is 3. The van der Waals surface area contributed by atoms with Crippen molar-refractivity contribution in [3.05, 3.63) is 71.9 Å². The summed E-state index contributed by atoms with van der Waals surface area (Å²) in [4.78, 5) is 5.91. The maximum Gasteiger partial charge on any atom is 0.102 e. The van der Waals surface area contributed by atoms with E-state index in [1.165, 1.54) is 10.3 Å². The van der Waals surface area contributed by atoms with Crippen LogP contribution in [0, 0.1) is 0 Å². The quantitative estimate of drug-likeness (QED) is 0.505. The van der Waals surface area contributed by atoms with Crippen LogP contribution in [0.1, 0.15) is 12.1 Å². The molecule has 0 unspecified atom stereocenters. The predicted octanol–water partition coefficient (Wildman–Crippen LogP) is 4.34. The van der Waals surface area contributed by atoms with Gasteiger partial charge in [-0.05, 0) is 42.6 Å². The van der Waals surface area contributed by atoms with Crippen molar-refractivity contribution in [2.24, 2.45) is 0 Å². The first kappa shape index (κ1) is 16.0. The summed E-state index contributed by atoms with van der Waals surface area (Å²) in [6.45, 7) is 2.66. The SMILES string of the molecule is c1csc(-c2ccn(CCCNCc3ccc4ccccc4n3)n2)c1.